The van der Waals surface area contributed by atoms with E-state index in [0.717, 1.165) is 12.2 Å². The van der Waals surface area contributed by atoms with Crippen molar-refractivity contribution in [1.29, 1.82) is 0 Å². The molecular formula is C12H12ClN5S. The van der Waals surface area contributed by atoms with Gasteiger partial charge in [0.1, 0.15) is 17.3 Å². The van der Waals surface area contributed by atoms with Crippen molar-refractivity contribution in [2.45, 2.75) is 19.4 Å². The molecule has 1 atom stereocenters. The Morgan fingerprint density at radius 3 is 3.21 bits per heavy atom. The van der Waals surface area contributed by atoms with Gasteiger partial charge in [0.15, 0.2) is 0 Å². The fourth-order valence-electron chi connectivity index (χ4n) is 1.95. The summed E-state index contributed by atoms with van der Waals surface area (Å²) in [6.07, 6.45) is 2.41. The molecule has 0 spiro atoms. The molecule has 0 saturated carbocycles. The Kier molecular flexibility index (Phi) is 3.35. The lowest BCUT2D eigenvalue weighted by atomic mass is 10.1. The van der Waals surface area contributed by atoms with Gasteiger partial charge in [-0.1, -0.05) is 11.6 Å². The van der Waals surface area contributed by atoms with Crippen LogP contribution >= 0.6 is 22.9 Å². The summed E-state index contributed by atoms with van der Waals surface area (Å²) in [7, 11) is 0. The Morgan fingerprint density at radius 2 is 2.42 bits per heavy atom. The van der Waals surface area contributed by atoms with E-state index in [1.807, 2.05) is 0 Å². The second kappa shape index (κ2) is 5.14. The zero-order chi connectivity index (χ0) is 13.2. The van der Waals surface area contributed by atoms with Gasteiger partial charge in [-0.05, 0) is 35.7 Å². The van der Waals surface area contributed by atoms with E-state index in [4.69, 9.17) is 11.6 Å². The number of hydrogen-bond acceptors (Lipinski definition) is 5. The summed E-state index contributed by atoms with van der Waals surface area (Å²) in [5, 5.41) is 12.2. The maximum atomic E-state index is 5.98. The van der Waals surface area contributed by atoms with Crippen LogP contribution in [-0.2, 0) is 6.42 Å². The molecule has 0 saturated heterocycles. The predicted octanol–water partition coefficient (Wildman–Crippen LogP) is 2.88. The molecule has 0 radical (unpaired) electrons. The van der Waals surface area contributed by atoms with Gasteiger partial charge in [-0.25, -0.2) is 0 Å². The fourth-order valence-corrected chi connectivity index (χ4v) is 2.81. The molecular weight excluding hydrogens is 282 g/mol. The molecule has 0 aliphatic rings. The van der Waals surface area contributed by atoms with Gasteiger partial charge in [0.2, 0.25) is 0 Å². The van der Waals surface area contributed by atoms with Gasteiger partial charge < -0.3 is 5.32 Å². The van der Waals surface area contributed by atoms with Crippen LogP contribution in [0.4, 0.5) is 5.82 Å². The summed E-state index contributed by atoms with van der Waals surface area (Å²) in [6.45, 7) is 2.12. The highest BCUT2D eigenvalue weighted by Gasteiger charge is 2.10. The quantitative estimate of drug-likeness (QED) is 0.752. The van der Waals surface area contributed by atoms with E-state index in [2.05, 4.69) is 44.1 Å². The molecule has 0 aromatic carbocycles. The van der Waals surface area contributed by atoms with Crippen molar-refractivity contribution in [3.63, 3.8) is 0 Å². The van der Waals surface area contributed by atoms with E-state index in [0.29, 0.717) is 10.9 Å². The first-order valence-corrected chi connectivity index (χ1v) is 7.18. The van der Waals surface area contributed by atoms with Crippen molar-refractivity contribution in [3.8, 4) is 0 Å². The minimum atomic E-state index is 0.264. The lowest BCUT2D eigenvalue weighted by Crippen LogP contribution is -2.20. The summed E-state index contributed by atoms with van der Waals surface area (Å²) in [4.78, 5) is 8.14. The molecule has 98 valence electrons. The summed E-state index contributed by atoms with van der Waals surface area (Å²) in [5.41, 5.74) is 1.32. The van der Waals surface area contributed by atoms with Crippen molar-refractivity contribution in [2.75, 3.05) is 5.32 Å². The number of fused-ring (bicyclic) bond motifs is 1. The molecule has 5 nitrogen and oxygen atoms in total. The van der Waals surface area contributed by atoms with Crippen molar-refractivity contribution in [1.82, 2.24) is 19.6 Å². The minimum Gasteiger partial charge on any atom is -0.367 e. The molecule has 3 heterocycles. The molecule has 0 fully saturated rings. The first-order valence-electron chi connectivity index (χ1n) is 5.86. The van der Waals surface area contributed by atoms with Crippen LogP contribution in [0.3, 0.4) is 0 Å². The first-order chi connectivity index (χ1) is 9.22. The van der Waals surface area contributed by atoms with Crippen LogP contribution in [0.15, 0.2) is 29.2 Å². The van der Waals surface area contributed by atoms with Crippen LogP contribution in [0.2, 0.25) is 5.15 Å². The van der Waals surface area contributed by atoms with E-state index < -0.39 is 0 Å². The highest BCUT2D eigenvalue weighted by Crippen LogP contribution is 2.17. The molecule has 0 amide bonds. The van der Waals surface area contributed by atoms with Gasteiger partial charge in [0.25, 0.3) is 5.78 Å². The fraction of sp³-hybridized carbons (Fsp3) is 0.250. The van der Waals surface area contributed by atoms with Crippen LogP contribution in [0.1, 0.15) is 12.5 Å². The average Bonchev–Trinajstić information content (AvgIpc) is 2.99. The summed E-state index contributed by atoms with van der Waals surface area (Å²) in [6, 6.07) is 4.15. The molecule has 3 rings (SSSR count). The molecule has 1 unspecified atom stereocenters. The van der Waals surface area contributed by atoms with E-state index >= 15 is 0 Å². The van der Waals surface area contributed by atoms with E-state index in [1.165, 1.54) is 11.9 Å². The molecule has 1 N–H and O–H groups in total. The SMILES string of the molecule is CC(Cc1ccsc1)Nc1cc(Cl)nc2ncnn12. The average molecular weight is 294 g/mol. The Bertz CT molecular complexity index is 679. The van der Waals surface area contributed by atoms with Crippen LogP contribution in [0.25, 0.3) is 5.78 Å². The van der Waals surface area contributed by atoms with Crippen molar-refractivity contribution >= 4 is 34.5 Å². The van der Waals surface area contributed by atoms with Crippen LogP contribution in [-0.4, -0.2) is 25.6 Å². The van der Waals surface area contributed by atoms with Crippen LogP contribution in [0.5, 0.6) is 0 Å². The monoisotopic (exact) mass is 293 g/mol. The summed E-state index contributed by atoms with van der Waals surface area (Å²) in [5.74, 6) is 1.30. The molecule has 0 aliphatic heterocycles. The number of thiophene rings is 1. The predicted molar refractivity (Wildman–Crippen MR) is 76.9 cm³/mol. The van der Waals surface area contributed by atoms with Crippen LogP contribution < -0.4 is 5.32 Å². The van der Waals surface area contributed by atoms with Gasteiger partial charge in [-0.15, -0.1) is 0 Å². The molecule has 7 heteroatoms. The normalized spacial score (nSPS) is 12.7. The summed E-state index contributed by atoms with van der Waals surface area (Å²) < 4.78 is 1.65. The van der Waals surface area contributed by atoms with Gasteiger partial charge in [-0.3, -0.25) is 0 Å². The number of nitrogens with zero attached hydrogens (tertiary/aromatic N) is 4. The highest BCUT2D eigenvalue weighted by molar-refractivity contribution is 7.07. The zero-order valence-electron chi connectivity index (χ0n) is 10.2. The maximum absolute atomic E-state index is 5.98. The second-order valence-electron chi connectivity index (χ2n) is 4.32. The van der Waals surface area contributed by atoms with E-state index in [9.17, 15) is 0 Å². The largest absolute Gasteiger partial charge is 0.367 e. The van der Waals surface area contributed by atoms with Crippen molar-refractivity contribution in [3.05, 3.63) is 39.9 Å². The molecule has 3 aromatic rings. The highest BCUT2D eigenvalue weighted by atomic mass is 35.5. The smallest absolute Gasteiger partial charge is 0.255 e. The number of halogens is 1. The van der Waals surface area contributed by atoms with Crippen LogP contribution in [0, 0.1) is 0 Å². The number of rotatable bonds is 4. The number of anilines is 1. The Labute approximate surface area is 119 Å². The van der Waals surface area contributed by atoms with Gasteiger partial charge >= 0.3 is 0 Å². The Morgan fingerprint density at radius 1 is 1.53 bits per heavy atom. The number of nitrogens with one attached hydrogen (secondary N) is 1. The molecule has 19 heavy (non-hydrogen) atoms. The minimum absolute atomic E-state index is 0.264. The standard InChI is InChI=1S/C12H12ClN5S/c1-8(4-9-2-3-19-6-9)16-11-5-10(13)17-12-14-7-15-18(11)12/h2-3,5-8,16H,4H2,1H3. The van der Waals surface area contributed by atoms with Crippen molar-refractivity contribution in [2.24, 2.45) is 0 Å². The lowest BCUT2D eigenvalue weighted by Gasteiger charge is -2.15. The third kappa shape index (κ3) is 2.69. The molecule has 3 aromatic heterocycles. The van der Waals surface area contributed by atoms with Gasteiger partial charge in [0, 0.05) is 12.1 Å². The lowest BCUT2D eigenvalue weighted by molar-refractivity contribution is 0.773. The topological polar surface area (TPSA) is 55.1 Å². The third-order valence-electron chi connectivity index (χ3n) is 2.74. The molecule has 0 aliphatic carbocycles. The number of hydrogen-bond donors (Lipinski definition) is 1. The first kappa shape index (κ1) is 12.4. The molecule has 0 bridgehead atoms. The number of aromatic nitrogens is 4. The summed E-state index contributed by atoms with van der Waals surface area (Å²) >= 11 is 7.68. The van der Waals surface area contributed by atoms with E-state index in [-0.39, 0.29) is 6.04 Å². The Hall–Kier alpha value is -1.66. The Balaban J connectivity index is 1.82. The maximum Gasteiger partial charge on any atom is 0.255 e. The zero-order valence-corrected chi connectivity index (χ0v) is 11.8. The van der Waals surface area contributed by atoms with Gasteiger partial charge in [-0.2, -0.15) is 30.9 Å². The van der Waals surface area contributed by atoms with Crippen molar-refractivity contribution < 1.29 is 0 Å². The third-order valence-corrected chi connectivity index (χ3v) is 3.66. The van der Waals surface area contributed by atoms with E-state index in [1.54, 1.807) is 21.9 Å². The second-order valence-corrected chi connectivity index (χ2v) is 5.48. The van der Waals surface area contributed by atoms with Gasteiger partial charge in [0.05, 0.1) is 0 Å².